The predicted octanol–water partition coefficient (Wildman–Crippen LogP) is 5.57. The molecule has 1 nitrogen and oxygen atoms in total. The molecule has 0 rings (SSSR count). The summed E-state index contributed by atoms with van der Waals surface area (Å²) in [4.78, 5) is 0. The van der Waals surface area contributed by atoms with Gasteiger partial charge in [0.15, 0.2) is 0 Å². The normalized spacial score (nSPS) is 12.3. The number of aliphatic hydroxyl groups is 1. The zero-order valence-corrected chi connectivity index (χ0v) is 12.7. The fraction of sp³-hybridized carbons (Fsp3) is 0.667. The van der Waals surface area contributed by atoms with Crippen LogP contribution < -0.4 is 0 Å². The Balaban J connectivity index is 3.19. The van der Waals surface area contributed by atoms with E-state index in [1.54, 1.807) is 0 Å². The second-order valence-electron chi connectivity index (χ2n) is 4.93. The highest BCUT2D eigenvalue weighted by molar-refractivity contribution is 4.96. The van der Waals surface area contributed by atoms with Crippen molar-refractivity contribution in [2.45, 2.75) is 71.1 Å². The van der Waals surface area contributed by atoms with Crippen LogP contribution in [0.15, 0.2) is 36.5 Å². The van der Waals surface area contributed by atoms with Gasteiger partial charge in [-0.3, -0.25) is 0 Å². The van der Waals surface area contributed by atoms with Crippen molar-refractivity contribution < 1.29 is 5.11 Å². The summed E-state index contributed by atoms with van der Waals surface area (Å²) < 4.78 is 0. The predicted molar refractivity (Wildman–Crippen MR) is 86.3 cm³/mol. The van der Waals surface area contributed by atoms with E-state index in [0.717, 1.165) is 25.7 Å². The Labute approximate surface area is 120 Å². The number of hydrogen-bond donors (Lipinski definition) is 1. The Hall–Kier alpha value is -0.820. The summed E-state index contributed by atoms with van der Waals surface area (Å²) in [6.45, 7) is 2.51. The topological polar surface area (TPSA) is 20.2 Å². The van der Waals surface area contributed by atoms with Crippen LogP contribution in [0.1, 0.15) is 71.1 Å². The molecule has 0 aromatic rings. The van der Waals surface area contributed by atoms with Gasteiger partial charge in [-0.15, -0.1) is 0 Å². The lowest BCUT2D eigenvalue weighted by Crippen LogP contribution is -1.83. The lowest BCUT2D eigenvalue weighted by atomic mass is 10.1. The second kappa shape index (κ2) is 17.2. The molecular weight excluding hydrogens is 232 g/mol. The van der Waals surface area contributed by atoms with E-state index >= 15 is 0 Å². The maximum Gasteiger partial charge on any atom is 0.0431 e. The molecule has 110 valence electrons. The van der Waals surface area contributed by atoms with Crippen molar-refractivity contribution in [1.82, 2.24) is 0 Å². The van der Waals surface area contributed by atoms with Gasteiger partial charge in [0.05, 0.1) is 0 Å². The van der Waals surface area contributed by atoms with Gasteiger partial charge in [0.1, 0.15) is 0 Å². The summed E-state index contributed by atoms with van der Waals surface area (Å²) >= 11 is 0. The van der Waals surface area contributed by atoms with Crippen LogP contribution in [0.4, 0.5) is 0 Å². The lowest BCUT2D eigenvalue weighted by molar-refractivity contribution is 0.282. The van der Waals surface area contributed by atoms with Gasteiger partial charge in [-0.25, -0.2) is 0 Å². The first-order chi connectivity index (χ1) is 9.41. The molecular formula is C18H32O. The molecule has 0 heterocycles. The van der Waals surface area contributed by atoms with E-state index in [1.165, 1.54) is 38.5 Å². The molecule has 0 aliphatic rings. The smallest absolute Gasteiger partial charge is 0.0431 e. The maximum absolute atomic E-state index is 8.65. The molecule has 1 heteroatoms. The molecule has 0 unspecified atom stereocenters. The first kappa shape index (κ1) is 18.2. The average Bonchev–Trinajstić information content (AvgIpc) is 2.43. The summed E-state index contributed by atoms with van der Waals surface area (Å²) in [5.74, 6) is 0. The molecule has 0 atom stereocenters. The van der Waals surface area contributed by atoms with Gasteiger partial charge in [0, 0.05) is 6.61 Å². The quantitative estimate of drug-likeness (QED) is 0.340. The van der Waals surface area contributed by atoms with E-state index in [-0.39, 0.29) is 0 Å². The first-order valence-electron chi connectivity index (χ1n) is 7.97. The van der Waals surface area contributed by atoms with E-state index in [4.69, 9.17) is 5.11 Å². The minimum Gasteiger partial charge on any atom is -0.396 e. The van der Waals surface area contributed by atoms with Crippen LogP contribution in [0.3, 0.4) is 0 Å². The molecule has 0 aromatic carbocycles. The van der Waals surface area contributed by atoms with Crippen molar-refractivity contribution in [1.29, 1.82) is 0 Å². The van der Waals surface area contributed by atoms with E-state index in [0.29, 0.717) is 6.61 Å². The van der Waals surface area contributed by atoms with Crippen LogP contribution in [0.25, 0.3) is 0 Å². The third-order valence-corrected chi connectivity index (χ3v) is 3.06. The van der Waals surface area contributed by atoms with Gasteiger partial charge in [-0.05, 0) is 38.5 Å². The Morgan fingerprint density at radius 2 is 1.16 bits per heavy atom. The van der Waals surface area contributed by atoms with Crippen molar-refractivity contribution in [2.75, 3.05) is 6.61 Å². The number of unbranched alkanes of at least 4 members (excludes halogenated alkanes) is 6. The zero-order chi connectivity index (χ0) is 14.0. The molecule has 0 amide bonds. The SMILES string of the molecule is CCC=CCC=CC/C=C/CCCCCCCCO. The van der Waals surface area contributed by atoms with Crippen LogP contribution in [0, 0.1) is 0 Å². The highest BCUT2D eigenvalue weighted by atomic mass is 16.2. The summed E-state index contributed by atoms with van der Waals surface area (Å²) in [6.07, 6.45) is 25.3. The summed E-state index contributed by atoms with van der Waals surface area (Å²) in [7, 11) is 0. The lowest BCUT2D eigenvalue weighted by Gasteiger charge is -1.98. The van der Waals surface area contributed by atoms with E-state index in [9.17, 15) is 0 Å². The average molecular weight is 264 g/mol. The molecule has 0 radical (unpaired) electrons. The molecule has 0 saturated heterocycles. The Kier molecular flexibility index (Phi) is 16.4. The van der Waals surface area contributed by atoms with Crippen molar-refractivity contribution in [3.05, 3.63) is 36.5 Å². The van der Waals surface area contributed by atoms with Crippen molar-refractivity contribution in [2.24, 2.45) is 0 Å². The minimum atomic E-state index is 0.352. The largest absolute Gasteiger partial charge is 0.396 e. The standard InChI is InChI=1S/C18H32O/c1-2-3-4-5-6-7-8-9-10-11-12-13-14-15-16-17-18-19/h3-4,6-7,9-10,19H,2,5,8,11-18H2,1H3/b4-3?,7-6?,10-9+. The second-order valence-corrected chi connectivity index (χ2v) is 4.93. The molecule has 0 aliphatic carbocycles. The van der Waals surface area contributed by atoms with Crippen LogP contribution in [-0.2, 0) is 0 Å². The highest BCUT2D eigenvalue weighted by Crippen LogP contribution is 2.07. The van der Waals surface area contributed by atoms with Gasteiger partial charge < -0.3 is 5.11 Å². The highest BCUT2D eigenvalue weighted by Gasteiger charge is 1.89. The van der Waals surface area contributed by atoms with Crippen molar-refractivity contribution in [3.63, 3.8) is 0 Å². The molecule has 0 aliphatic heterocycles. The first-order valence-corrected chi connectivity index (χ1v) is 7.97. The van der Waals surface area contributed by atoms with E-state index in [1.807, 2.05) is 0 Å². The Bertz CT molecular complexity index is 238. The maximum atomic E-state index is 8.65. The Morgan fingerprint density at radius 1 is 0.632 bits per heavy atom. The summed E-state index contributed by atoms with van der Waals surface area (Å²) in [5.41, 5.74) is 0. The van der Waals surface area contributed by atoms with Crippen LogP contribution in [-0.4, -0.2) is 11.7 Å². The molecule has 1 N–H and O–H groups in total. The Morgan fingerprint density at radius 3 is 1.79 bits per heavy atom. The van der Waals surface area contributed by atoms with Gasteiger partial charge in [-0.2, -0.15) is 0 Å². The van der Waals surface area contributed by atoms with E-state index in [2.05, 4.69) is 43.4 Å². The minimum absolute atomic E-state index is 0.352. The summed E-state index contributed by atoms with van der Waals surface area (Å²) in [5, 5.41) is 8.65. The van der Waals surface area contributed by atoms with Gasteiger partial charge in [0.2, 0.25) is 0 Å². The fourth-order valence-corrected chi connectivity index (χ4v) is 1.91. The van der Waals surface area contributed by atoms with Crippen molar-refractivity contribution in [3.8, 4) is 0 Å². The van der Waals surface area contributed by atoms with Gasteiger partial charge in [-0.1, -0.05) is 69.1 Å². The molecule has 19 heavy (non-hydrogen) atoms. The van der Waals surface area contributed by atoms with Crippen molar-refractivity contribution >= 4 is 0 Å². The fourth-order valence-electron chi connectivity index (χ4n) is 1.91. The molecule has 0 bridgehead atoms. The molecule has 0 spiro atoms. The van der Waals surface area contributed by atoms with Crippen LogP contribution in [0.2, 0.25) is 0 Å². The summed E-state index contributed by atoms with van der Waals surface area (Å²) in [6, 6.07) is 0. The third kappa shape index (κ3) is 17.2. The third-order valence-electron chi connectivity index (χ3n) is 3.06. The number of hydrogen-bond acceptors (Lipinski definition) is 1. The van der Waals surface area contributed by atoms with Gasteiger partial charge >= 0.3 is 0 Å². The molecule has 0 saturated carbocycles. The number of allylic oxidation sites excluding steroid dienone is 6. The molecule has 0 aromatic heterocycles. The monoisotopic (exact) mass is 264 g/mol. The number of rotatable bonds is 13. The zero-order valence-electron chi connectivity index (χ0n) is 12.7. The van der Waals surface area contributed by atoms with E-state index < -0.39 is 0 Å². The van der Waals surface area contributed by atoms with Crippen LogP contribution in [0.5, 0.6) is 0 Å². The van der Waals surface area contributed by atoms with Crippen LogP contribution >= 0.6 is 0 Å². The number of aliphatic hydroxyl groups excluding tert-OH is 1. The molecule has 0 fully saturated rings. The van der Waals surface area contributed by atoms with Gasteiger partial charge in [0.25, 0.3) is 0 Å².